The van der Waals surface area contributed by atoms with Gasteiger partial charge in [-0.05, 0) is 79.2 Å². The van der Waals surface area contributed by atoms with Gasteiger partial charge in [-0.25, -0.2) is 0 Å². The second-order valence-electron chi connectivity index (χ2n) is 9.95. The van der Waals surface area contributed by atoms with Crippen LogP contribution in [-0.2, 0) is 4.79 Å². The summed E-state index contributed by atoms with van der Waals surface area (Å²) in [5.41, 5.74) is 7.16. The number of carbonyl (C=O) groups excluding carboxylic acids is 1. The molecule has 2 saturated carbocycles. The van der Waals surface area contributed by atoms with Crippen LogP contribution < -0.4 is 5.73 Å². The first-order chi connectivity index (χ1) is 14.8. The molecule has 4 aliphatic rings. The van der Waals surface area contributed by atoms with Crippen LogP contribution >= 0.6 is 0 Å². The van der Waals surface area contributed by atoms with Crippen molar-refractivity contribution < 1.29 is 18.0 Å². The molecular weight excluding hydrogens is 401 g/mol. The molecule has 1 amide bonds. The number of hydrogen-bond donors (Lipinski definition) is 1. The van der Waals surface area contributed by atoms with Gasteiger partial charge in [0.05, 0.1) is 5.92 Å². The molecule has 166 valence electrons. The van der Waals surface area contributed by atoms with Crippen LogP contribution in [0.15, 0.2) is 48.3 Å². The predicted octanol–water partition coefficient (Wildman–Crippen LogP) is 5.40. The largest absolute Gasteiger partial charge is 0.392 e. The lowest BCUT2D eigenvalue weighted by Crippen LogP contribution is -2.50. The number of aromatic nitrogens is 1. The van der Waals surface area contributed by atoms with Crippen LogP contribution in [-0.4, -0.2) is 17.1 Å². The average Bonchev–Trinajstić information content (AvgIpc) is 3.21. The Hall–Kier alpha value is -2.11. The van der Waals surface area contributed by atoms with Crippen molar-refractivity contribution in [1.82, 2.24) is 4.98 Å². The van der Waals surface area contributed by atoms with Gasteiger partial charge in [-0.2, -0.15) is 13.2 Å². The van der Waals surface area contributed by atoms with Crippen molar-refractivity contribution in [2.75, 3.05) is 0 Å². The molecule has 8 unspecified atom stereocenters. The van der Waals surface area contributed by atoms with Gasteiger partial charge in [0, 0.05) is 24.7 Å². The molecule has 5 rings (SSSR count). The number of amides is 1. The number of alkyl halides is 3. The van der Waals surface area contributed by atoms with E-state index in [0.29, 0.717) is 29.7 Å². The molecule has 0 aliphatic heterocycles. The Morgan fingerprint density at radius 2 is 1.97 bits per heavy atom. The number of nitrogens with two attached hydrogens (primary N) is 1. The highest BCUT2D eigenvalue weighted by Crippen LogP contribution is 2.62. The van der Waals surface area contributed by atoms with Gasteiger partial charge in [0.1, 0.15) is 0 Å². The smallest absolute Gasteiger partial charge is 0.370 e. The van der Waals surface area contributed by atoms with E-state index < -0.39 is 29.8 Å². The number of rotatable bonds is 3. The molecule has 0 aromatic carbocycles. The second kappa shape index (κ2) is 7.79. The van der Waals surface area contributed by atoms with E-state index in [1.165, 1.54) is 0 Å². The van der Waals surface area contributed by atoms with Crippen LogP contribution in [0.1, 0.15) is 50.0 Å². The van der Waals surface area contributed by atoms with Gasteiger partial charge >= 0.3 is 6.18 Å². The Morgan fingerprint density at radius 3 is 2.68 bits per heavy atom. The summed E-state index contributed by atoms with van der Waals surface area (Å²) in [4.78, 5) is 15.9. The Kier molecular flexibility index (Phi) is 5.22. The van der Waals surface area contributed by atoms with E-state index in [4.69, 9.17) is 5.73 Å². The molecule has 1 aromatic heterocycles. The molecule has 2 fully saturated rings. The van der Waals surface area contributed by atoms with Crippen LogP contribution in [0.5, 0.6) is 0 Å². The maximum Gasteiger partial charge on any atom is 0.392 e. The minimum atomic E-state index is -4.40. The zero-order chi connectivity index (χ0) is 21.8. The predicted molar refractivity (Wildman–Crippen MR) is 112 cm³/mol. The molecule has 6 heteroatoms. The van der Waals surface area contributed by atoms with Crippen LogP contribution in [0.3, 0.4) is 0 Å². The van der Waals surface area contributed by atoms with Crippen molar-refractivity contribution in [3.05, 3.63) is 53.9 Å². The number of nitrogens with zero attached hydrogens (tertiary/aromatic N) is 1. The summed E-state index contributed by atoms with van der Waals surface area (Å²) in [6, 6.07) is 3.51. The quantitative estimate of drug-likeness (QED) is 0.653. The highest BCUT2D eigenvalue weighted by atomic mass is 19.4. The number of halogens is 3. The molecular formula is C25H29F3N2O. The number of carbonyl (C=O) groups is 1. The van der Waals surface area contributed by atoms with E-state index in [-0.39, 0.29) is 18.3 Å². The summed E-state index contributed by atoms with van der Waals surface area (Å²) in [5, 5.41) is 0. The Morgan fingerprint density at radius 1 is 1.13 bits per heavy atom. The Bertz CT molecular complexity index is 894. The molecule has 1 aromatic rings. The zero-order valence-corrected chi connectivity index (χ0v) is 17.5. The van der Waals surface area contributed by atoms with Crippen LogP contribution in [0.25, 0.3) is 0 Å². The number of allylic oxidation sites excluding steroid dienone is 4. The van der Waals surface area contributed by atoms with Gasteiger partial charge in [0.2, 0.25) is 5.91 Å². The molecule has 8 atom stereocenters. The molecule has 31 heavy (non-hydrogen) atoms. The second-order valence-corrected chi connectivity index (χ2v) is 9.95. The van der Waals surface area contributed by atoms with Gasteiger partial charge in [-0.3, -0.25) is 9.78 Å². The van der Waals surface area contributed by atoms with Crippen molar-refractivity contribution in [3.8, 4) is 0 Å². The highest BCUT2D eigenvalue weighted by Gasteiger charge is 2.59. The van der Waals surface area contributed by atoms with Crippen molar-refractivity contribution in [1.29, 1.82) is 0 Å². The van der Waals surface area contributed by atoms with E-state index in [9.17, 15) is 18.0 Å². The van der Waals surface area contributed by atoms with Crippen molar-refractivity contribution >= 4 is 5.91 Å². The number of fused-ring (bicyclic) bond motifs is 5. The number of primary amides is 1. The van der Waals surface area contributed by atoms with Crippen LogP contribution in [0.4, 0.5) is 13.2 Å². The standard InChI is InChI=1S/C25H29F3N2O/c26-25(27,28)24-17(12-21(29)31)11-15-7-8-19-18-5-1-3-14(18)6-9-20(19)22(15)23(24)16-4-2-10-30-13-16/h1-4,7,10,13-14,17-20,22-24H,5-6,8-9,11-12H2,(H2,29,31). The number of hydrogen-bond acceptors (Lipinski definition) is 2. The summed E-state index contributed by atoms with van der Waals surface area (Å²) < 4.78 is 43.7. The third-order valence-corrected chi connectivity index (χ3v) is 8.51. The van der Waals surface area contributed by atoms with Gasteiger partial charge in [0.15, 0.2) is 0 Å². The maximum absolute atomic E-state index is 14.6. The van der Waals surface area contributed by atoms with Gasteiger partial charge in [-0.1, -0.05) is 29.9 Å². The average molecular weight is 431 g/mol. The molecule has 2 N–H and O–H groups in total. The molecule has 0 saturated heterocycles. The Labute approximate surface area is 181 Å². The van der Waals surface area contributed by atoms with Crippen LogP contribution in [0, 0.1) is 41.4 Å². The van der Waals surface area contributed by atoms with E-state index in [0.717, 1.165) is 31.3 Å². The maximum atomic E-state index is 14.6. The molecule has 0 radical (unpaired) electrons. The minimum absolute atomic E-state index is 0.139. The van der Waals surface area contributed by atoms with E-state index in [1.54, 1.807) is 24.5 Å². The first kappa shape index (κ1) is 20.8. The van der Waals surface area contributed by atoms with Gasteiger partial charge in [0.25, 0.3) is 0 Å². The van der Waals surface area contributed by atoms with Gasteiger partial charge < -0.3 is 5.73 Å². The van der Waals surface area contributed by atoms with Gasteiger partial charge in [-0.15, -0.1) is 0 Å². The molecule has 1 heterocycles. The third kappa shape index (κ3) is 3.62. The van der Waals surface area contributed by atoms with E-state index >= 15 is 0 Å². The fourth-order valence-electron chi connectivity index (χ4n) is 7.52. The van der Waals surface area contributed by atoms with E-state index in [1.807, 2.05) is 0 Å². The van der Waals surface area contributed by atoms with E-state index in [2.05, 4.69) is 23.2 Å². The highest BCUT2D eigenvalue weighted by molar-refractivity contribution is 5.74. The number of pyridine rings is 1. The summed E-state index contributed by atoms with van der Waals surface area (Å²) >= 11 is 0. The van der Waals surface area contributed by atoms with Crippen molar-refractivity contribution in [2.45, 2.75) is 50.6 Å². The summed E-state index contributed by atoms with van der Waals surface area (Å²) in [5.74, 6) is -2.08. The molecule has 4 aliphatic carbocycles. The first-order valence-corrected chi connectivity index (χ1v) is 11.4. The lowest BCUT2D eigenvalue weighted by molar-refractivity contribution is -0.207. The SMILES string of the molecule is NC(=O)CC1CC2=CCC3C4CC=CC4CCC3C2C(c2cccnc2)C1C(F)(F)F. The lowest BCUT2D eigenvalue weighted by atomic mass is 9.50. The molecule has 0 bridgehead atoms. The van der Waals surface area contributed by atoms with Crippen LogP contribution in [0.2, 0.25) is 0 Å². The zero-order valence-electron chi connectivity index (χ0n) is 17.5. The summed E-state index contributed by atoms with van der Waals surface area (Å²) in [6.45, 7) is 0. The Balaban J connectivity index is 1.60. The molecule has 0 spiro atoms. The third-order valence-electron chi connectivity index (χ3n) is 8.51. The van der Waals surface area contributed by atoms with Crippen molar-refractivity contribution in [3.63, 3.8) is 0 Å². The van der Waals surface area contributed by atoms with Crippen molar-refractivity contribution in [2.24, 2.45) is 47.2 Å². The summed E-state index contributed by atoms with van der Waals surface area (Å²) in [6.07, 6.45) is 9.72. The monoisotopic (exact) mass is 430 g/mol. The fourth-order valence-corrected chi connectivity index (χ4v) is 7.52. The topological polar surface area (TPSA) is 56.0 Å². The first-order valence-electron chi connectivity index (χ1n) is 11.4. The normalized spacial score (nSPS) is 39.3. The minimum Gasteiger partial charge on any atom is -0.370 e. The lowest BCUT2D eigenvalue weighted by Gasteiger charge is -2.54. The molecule has 3 nitrogen and oxygen atoms in total. The summed E-state index contributed by atoms with van der Waals surface area (Å²) in [7, 11) is 0. The fraction of sp³-hybridized carbons (Fsp3) is 0.600.